The second-order valence-electron chi connectivity index (χ2n) is 8.20. The minimum atomic E-state index is -0.615. The lowest BCUT2D eigenvalue weighted by molar-refractivity contribution is -0.0277. The zero-order chi connectivity index (χ0) is 22.8. The highest BCUT2D eigenvalue weighted by Crippen LogP contribution is 2.30. The van der Waals surface area contributed by atoms with Crippen molar-refractivity contribution in [1.29, 1.82) is 0 Å². The van der Waals surface area contributed by atoms with Gasteiger partial charge in [0.1, 0.15) is 11.9 Å². The Morgan fingerprint density at radius 3 is 2.79 bits per heavy atom. The second-order valence-corrected chi connectivity index (χ2v) is 8.20. The Balaban J connectivity index is 1.30. The molecule has 1 aliphatic rings. The van der Waals surface area contributed by atoms with Crippen molar-refractivity contribution in [2.24, 2.45) is 0 Å². The molecule has 5 rings (SSSR count). The summed E-state index contributed by atoms with van der Waals surface area (Å²) in [5.74, 6) is 0.321. The van der Waals surface area contributed by atoms with Crippen molar-refractivity contribution in [3.8, 4) is 22.6 Å². The molecule has 170 valence electrons. The van der Waals surface area contributed by atoms with Gasteiger partial charge >= 0.3 is 0 Å². The van der Waals surface area contributed by atoms with Crippen molar-refractivity contribution < 1.29 is 19.0 Å². The standard InChI is InChI=1S/C25H25FN4O3/c1-32-23-11-19(26)7-8-22(23)33-24-16-29(10-9-21(24)31)14-17-12-27-25-20(13-28-30(25)15-17)18-5-3-2-4-6-18/h2-8,11-13,15,21,24,31H,9-10,14,16H2,1H3/t21-,24-/m1/s1. The SMILES string of the molecule is COc1cc(F)ccc1O[C@@H]1CN(Cc2cnc3c(-c4ccccc4)cnn3c2)CC[C@H]1O. The molecule has 0 unspecified atom stereocenters. The third kappa shape index (κ3) is 4.53. The van der Waals surface area contributed by atoms with Crippen molar-refractivity contribution in [1.82, 2.24) is 19.5 Å². The number of aliphatic hydroxyl groups is 1. The maximum Gasteiger partial charge on any atom is 0.163 e. The summed E-state index contributed by atoms with van der Waals surface area (Å²) >= 11 is 0. The molecule has 2 aromatic carbocycles. The monoisotopic (exact) mass is 448 g/mol. The molecule has 2 aromatic heterocycles. The van der Waals surface area contributed by atoms with E-state index in [1.807, 2.05) is 48.9 Å². The summed E-state index contributed by atoms with van der Waals surface area (Å²) in [5.41, 5.74) is 3.89. The molecule has 1 aliphatic heterocycles. The molecule has 0 aliphatic carbocycles. The summed E-state index contributed by atoms with van der Waals surface area (Å²) in [7, 11) is 1.47. The van der Waals surface area contributed by atoms with Crippen LogP contribution in [0.4, 0.5) is 4.39 Å². The quantitative estimate of drug-likeness (QED) is 0.486. The van der Waals surface area contributed by atoms with E-state index in [-0.39, 0.29) is 0 Å². The molecule has 7 nitrogen and oxygen atoms in total. The lowest BCUT2D eigenvalue weighted by atomic mass is 10.0. The third-order valence-corrected chi connectivity index (χ3v) is 5.91. The summed E-state index contributed by atoms with van der Waals surface area (Å²) in [6, 6.07) is 14.2. The number of halogens is 1. The number of ether oxygens (including phenoxy) is 2. The van der Waals surface area contributed by atoms with Crippen LogP contribution in [0.5, 0.6) is 11.5 Å². The van der Waals surface area contributed by atoms with Crippen LogP contribution in [0.25, 0.3) is 16.8 Å². The Hall–Kier alpha value is -3.49. The van der Waals surface area contributed by atoms with E-state index in [4.69, 9.17) is 9.47 Å². The van der Waals surface area contributed by atoms with Gasteiger partial charge in [-0.05, 0) is 24.1 Å². The first-order valence-electron chi connectivity index (χ1n) is 10.9. The third-order valence-electron chi connectivity index (χ3n) is 5.91. The Morgan fingerprint density at radius 1 is 1.12 bits per heavy atom. The number of likely N-dealkylation sites (tertiary alicyclic amines) is 1. The predicted molar refractivity (Wildman–Crippen MR) is 122 cm³/mol. The van der Waals surface area contributed by atoms with Crippen LogP contribution in [0.2, 0.25) is 0 Å². The van der Waals surface area contributed by atoms with E-state index in [1.54, 1.807) is 4.52 Å². The molecule has 4 aromatic rings. The molecule has 8 heteroatoms. The van der Waals surface area contributed by atoms with Crippen LogP contribution in [-0.2, 0) is 6.54 Å². The van der Waals surface area contributed by atoms with Crippen molar-refractivity contribution in [2.75, 3.05) is 20.2 Å². The Bertz CT molecular complexity index is 1250. The number of hydrogen-bond acceptors (Lipinski definition) is 6. The number of nitrogens with zero attached hydrogens (tertiary/aromatic N) is 4. The molecule has 33 heavy (non-hydrogen) atoms. The average Bonchev–Trinajstić information content (AvgIpc) is 3.26. The number of aromatic nitrogens is 3. The summed E-state index contributed by atoms with van der Waals surface area (Å²) in [6.45, 7) is 1.90. The van der Waals surface area contributed by atoms with Crippen LogP contribution < -0.4 is 9.47 Å². The normalized spacial score (nSPS) is 19.0. The van der Waals surface area contributed by atoms with Gasteiger partial charge in [0.05, 0.1) is 19.4 Å². The molecule has 1 N–H and O–H groups in total. The van der Waals surface area contributed by atoms with Crippen molar-refractivity contribution in [2.45, 2.75) is 25.2 Å². The molecule has 0 radical (unpaired) electrons. The van der Waals surface area contributed by atoms with Gasteiger partial charge < -0.3 is 14.6 Å². The van der Waals surface area contributed by atoms with Crippen molar-refractivity contribution >= 4 is 5.65 Å². The number of fused-ring (bicyclic) bond motifs is 1. The molecular weight excluding hydrogens is 423 g/mol. The first kappa shape index (κ1) is 21.4. The number of rotatable bonds is 6. The Labute approximate surface area is 191 Å². The van der Waals surface area contributed by atoms with Gasteiger partial charge in [-0.15, -0.1) is 0 Å². The van der Waals surface area contributed by atoms with Gasteiger partial charge in [-0.25, -0.2) is 13.9 Å². The van der Waals surface area contributed by atoms with Gasteiger partial charge in [0, 0.05) is 49.2 Å². The summed E-state index contributed by atoms with van der Waals surface area (Å²) in [4.78, 5) is 6.86. The van der Waals surface area contributed by atoms with E-state index in [9.17, 15) is 9.50 Å². The number of aliphatic hydroxyl groups excluding tert-OH is 1. The lowest BCUT2D eigenvalue weighted by Crippen LogP contribution is -2.49. The van der Waals surface area contributed by atoms with Crippen LogP contribution in [0.3, 0.4) is 0 Å². The zero-order valence-corrected chi connectivity index (χ0v) is 18.3. The minimum Gasteiger partial charge on any atom is -0.493 e. The van der Waals surface area contributed by atoms with Crippen LogP contribution in [0.1, 0.15) is 12.0 Å². The van der Waals surface area contributed by atoms with E-state index in [1.165, 1.54) is 25.3 Å². The topological polar surface area (TPSA) is 72.1 Å². The Kier molecular flexibility index (Phi) is 5.93. The number of benzene rings is 2. The Morgan fingerprint density at radius 2 is 1.97 bits per heavy atom. The molecule has 0 amide bonds. The van der Waals surface area contributed by atoms with Crippen LogP contribution >= 0.6 is 0 Å². The fourth-order valence-electron chi connectivity index (χ4n) is 4.20. The van der Waals surface area contributed by atoms with Crippen LogP contribution in [-0.4, -0.2) is 57.0 Å². The predicted octanol–water partition coefficient (Wildman–Crippen LogP) is 3.56. The van der Waals surface area contributed by atoms with E-state index in [0.29, 0.717) is 31.0 Å². The maximum atomic E-state index is 13.5. The molecule has 0 bridgehead atoms. The molecule has 3 heterocycles. The number of piperidine rings is 1. The first-order valence-corrected chi connectivity index (χ1v) is 10.9. The smallest absolute Gasteiger partial charge is 0.163 e. The van der Waals surface area contributed by atoms with Crippen LogP contribution in [0.15, 0.2) is 67.1 Å². The van der Waals surface area contributed by atoms with Gasteiger partial charge in [-0.3, -0.25) is 4.90 Å². The van der Waals surface area contributed by atoms with E-state index in [2.05, 4.69) is 15.0 Å². The fraction of sp³-hybridized carbons (Fsp3) is 0.280. The second kappa shape index (κ2) is 9.17. The van der Waals surface area contributed by atoms with Gasteiger partial charge in [0.25, 0.3) is 0 Å². The molecule has 1 saturated heterocycles. The van der Waals surface area contributed by atoms with E-state index >= 15 is 0 Å². The highest BCUT2D eigenvalue weighted by molar-refractivity contribution is 5.76. The van der Waals surface area contributed by atoms with E-state index in [0.717, 1.165) is 28.9 Å². The van der Waals surface area contributed by atoms with Crippen molar-refractivity contribution in [3.63, 3.8) is 0 Å². The van der Waals surface area contributed by atoms with Gasteiger partial charge in [-0.1, -0.05) is 30.3 Å². The maximum absolute atomic E-state index is 13.5. The summed E-state index contributed by atoms with van der Waals surface area (Å²) in [5, 5.41) is 15.0. The zero-order valence-electron chi connectivity index (χ0n) is 18.3. The van der Waals surface area contributed by atoms with E-state index < -0.39 is 18.0 Å². The number of methoxy groups -OCH3 is 1. The average molecular weight is 448 g/mol. The molecule has 0 saturated carbocycles. The first-order chi connectivity index (χ1) is 16.1. The highest BCUT2D eigenvalue weighted by Gasteiger charge is 2.30. The fourth-order valence-corrected chi connectivity index (χ4v) is 4.20. The molecule has 1 fully saturated rings. The summed E-state index contributed by atoms with van der Waals surface area (Å²) in [6.07, 6.45) is 5.19. The lowest BCUT2D eigenvalue weighted by Gasteiger charge is -2.36. The van der Waals surface area contributed by atoms with Gasteiger partial charge in [-0.2, -0.15) is 5.10 Å². The number of hydrogen-bond donors (Lipinski definition) is 1. The van der Waals surface area contributed by atoms with Gasteiger partial charge in [0.15, 0.2) is 17.1 Å². The van der Waals surface area contributed by atoms with Gasteiger partial charge in [0.2, 0.25) is 0 Å². The largest absolute Gasteiger partial charge is 0.493 e. The molecule has 2 atom stereocenters. The van der Waals surface area contributed by atoms with Crippen molar-refractivity contribution in [3.05, 3.63) is 78.5 Å². The molecule has 0 spiro atoms. The minimum absolute atomic E-state index is 0.307. The highest BCUT2D eigenvalue weighted by atomic mass is 19.1. The summed E-state index contributed by atoms with van der Waals surface area (Å²) < 4.78 is 26.5. The molecular formula is C25H25FN4O3. The van der Waals surface area contributed by atoms with Crippen LogP contribution in [0, 0.1) is 5.82 Å².